The Bertz CT molecular complexity index is 986. The smallest absolute Gasteiger partial charge is 0.258 e. The molecule has 0 unspecified atom stereocenters. The molecule has 5 heteroatoms. The molecule has 3 aromatic carbocycles. The van der Waals surface area contributed by atoms with Gasteiger partial charge in [-0.1, -0.05) is 37.3 Å². The number of hydrogen-bond donors (Lipinski definition) is 1. The van der Waals surface area contributed by atoms with Gasteiger partial charge in [-0.2, -0.15) is 0 Å². The highest BCUT2D eigenvalue weighted by molar-refractivity contribution is 6.08. The monoisotopic (exact) mass is 388 g/mol. The van der Waals surface area contributed by atoms with Crippen LogP contribution in [0.4, 0.5) is 11.4 Å². The van der Waals surface area contributed by atoms with Gasteiger partial charge in [-0.3, -0.25) is 9.59 Å². The Labute approximate surface area is 170 Å². The number of ether oxygens (including phenoxy) is 1. The van der Waals surface area contributed by atoms with Crippen molar-refractivity contribution in [3.05, 3.63) is 90.0 Å². The molecule has 2 amide bonds. The van der Waals surface area contributed by atoms with E-state index in [1.54, 1.807) is 54.4 Å². The summed E-state index contributed by atoms with van der Waals surface area (Å²) < 4.78 is 5.58. The van der Waals surface area contributed by atoms with Crippen LogP contribution in [0.15, 0.2) is 78.9 Å². The van der Waals surface area contributed by atoms with Crippen molar-refractivity contribution in [3.8, 4) is 5.75 Å². The molecule has 0 heterocycles. The fourth-order valence-electron chi connectivity index (χ4n) is 2.84. The third-order valence-electron chi connectivity index (χ3n) is 4.38. The quantitative estimate of drug-likeness (QED) is 0.619. The standard InChI is InChI=1S/C24H24N2O3/c1-3-15-29-22-14-8-9-18(17-22)23(27)25-20-11-7-10-19(16-20)24(28)26(2)21-12-5-4-6-13-21/h4-14,16-17H,3,15H2,1-2H3,(H,25,27). The number of nitrogens with one attached hydrogen (secondary N) is 1. The molecule has 3 aromatic rings. The first-order valence-electron chi connectivity index (χ1n) is 9.56. The molecule has 0 aliphatic rings. The minimum Gasteiger partial charge on any atom is -0.494 e. The maximum absolute atomic E-state index is 12.8. The summed E-state index contributed by atoms with van der Waals surface area (Å²) in [4.78, 5) is 27.0. The highest BCUT2D eigenvalue weighted by Crippen LogP contribution is 2.19. The van der Waals surface area contributed by atoms with Gasteiger partial charge in [0.2, 0.25) is 0 Å². The van der Waals surface area contributed by atoms with E-state index in [1.807, 2.05) is 43.3 Å². The molecule has 0 radical (unpaired) electrons. The molecular formula is C24H24N2O3. The van der Waals surface area contributed by atoms with E-state index in [0.29, 0.717) is 29.2 Å². The molecule has 0 fully saturated rings. The molecular weight excluding hydrogens is 364 g/mol. The summed E-state index contributed by atoms with van der Waals surface area (Å²) in [5.74, 6) is 0.253. The maximum Gasteiger partial charge on any atom is 0.258 e. The minimum atomic E-state index is -0.257. The maximum atomic E-state index is 12.8. The van der Waals surface area contributed by atoms with Crippen LogP contribution < -0.4 is 15.0 Å². The molecule has 0 spiro atoms. The van der Waals surface area contributed by atoms with Gasteiger partial charge in [0.1, 0.15) is 5.75 Å². The van der Waals surface area contributed by atoms with Gasteiger partial charge < -0.3 is 15.0 Å². The van der Waals surface area contributed by atoms with E-state index < -0.39 is 0 Å². The van der Waals surface area contributed by atoms with Crippen molar-refractivity contribution in [1.82, 2.24) is 0 Å². The average Bonchev–Trinajstić information content (AvgIpc) is 2.77. The zero-order valence-corrected chi connectivity index (χ0v) is 16.6. The lowest BCUT2D eigenvalue weighted by Crippen LogP contribution is -2.26. The topological polar surface area (TPSA) is 58.6 Å². The first-order chi connectivity index (χ1) is 14.1. The molecule has 0 saturated heterocycles. The second kappa shape index (κ2) is 9.55. The van der Waals surface area contributed by atoms with Gasteiger partial charge in [-0.25, -0.2) is 0 Å². The van der Waals surface area contributed by atoms with Crippen molar-refractivity contribution in [2.24, 2.45) is 0 Å². The molecule has 0 saturated carbocycles. The summed E-state index contributed by atoms with van der Waals surface area (Å²) in [5.41, 5.74) is 2.35. The molecule has 0 bridgehead atoms. The van der Waals surface area contributed by atoms with Gasteiger partial charge >= 0.3 is 0 Å². The lowest BCUT2D eigenvalue weighted by molar-refractivity contribution is 0.0990. The first-order valence-corrected chi connectivity index (χ1v) is 9.56. The highest BCUT2D eigenvalue weighted by atomic mass is 16.5. The summed E-state index contributed by atoms with van der Waals surface area (Å²) in [6.45, 7) is 2.63. The third kappa shape index (κ3) is 5.23. The van der Waals surface area contributed by atoms with Crippen LogP contribution in [0.3, 0.4) is 0 Å². The summed E-state index contributed by atoms with van der Waals surface area (Å²) >= 11 is 0. The largest absolute Gasteiger partial charge is 0.494 e. The Kier molecular flexibility index (Phi) is 6.63. The van der Waals surface area contributed by atoms with Crippen molar-refractivity contribution in [3.63, 3.8) is 0 Å². The molecule has 3 rings (SSSR count). The Morgan fingerprint density at radius 3 is 2.38 bits per heavy atom. The Balaban J connectivity index is 1.73. The first kappa shape index (κ1) is 20.1. The third-order valence-corrected chi connectivity index (χ3v) is 4.38. The minimum absolute atomic E-state index is 0.151. The van der Waals surface area contributed by atoms with E-state index in [-0.39, 0.29) is 11.8 Å². The molecule has 0 aliphatic heterocycles. The number of carbonyl (C=O) groups is 2. The van der Waals surface area contributed by atoms with Crippen LogP contribution in [0.25, 0.3) is 0 Å². The summed E-state index contributed by atoms with van der Waals surface area (Å²) in [5, 5.41) is 2.85. The van der Waals surface area contributed by atoms with E-state index in [4.69, 9.17) is 4.74 Å². The fourth-order valence-corrected chi connectivity index (χ4v) is 2.84. The van der Waals surface area contributed by atoms with Crippen LogP contribution in [-0.4, -0.2) is 25.5 Å². The molecule has 0 aliphatic carbocycles. The molecule has 5 nitrogen and oxygen atoms in total. The van der Waals surface area contributed by atoms with E-state index in [2.05, 4.69) is 5.32 Å². The Hall–Kier alpha value is -3.60. The zero-order valence-electron chi connectivity index (χ0n) is 16.6. The lowest BCUT2D eigenvalue weighted by Gasteiger charge is -2.17. The number of carbonyl (C=O) groups excluding carboxylic acids is 2. The summed E-state index contributed by atoms with van der Waals surface area (Å²) in [6.07, 6.45) is 0.897. The van der Waals surface area contributed by atoms with E-state index in [1.165, 1.54) is 0 Å². The van der Waals surface area contributed by atoms with Crippen LogP contribution >= 0.6 is 0 Å². The molecule has 29 heavy (non-hydrogen) atoms. The summed E-state index contributed by atoms with van der Waals surface area (Å²) in [6, 6.07) is 23.4. The highest BCUT2D eigenvalue weighted by Gasteiger charge is 2.14. The predicted molar refractivity (Wildman–Crippen MR) is 116 cm³/mol. The van der Waals surface area contributed by atoms with Crippen LogP contribution in [-0.2, 0) is 0 Å². The predicted octanol–water partition coefficient (Wildman–Crippen LogP) is 5.00. The number of hydrogen-bond acceptors (Lipinski definition) is 3. The van der Waals surface area contributed by atoms with E-state index in [0.717, 1.165) is 12.1 Å². The number of para-hydroxylation sites is 1. The molecule has 0 aromatic heterocycles. The van der Waals surface area contributed by atoms with Gasteiger partial charge in [0, 0.05) is 29.5 Å². The number of nitrogens with zero attached hydrogens (tertiary/aromatic N) is 1. The Morgan fingerprint density at radius 1 is 0.897 bits per heavy atom. The van der Waals surface area contributed by atoms with Gasteiger partial charge in [0.05, 0.1) is 6.61 Å². The normalized spacial score (nSPS) is 10.3. The molecule has 0 atom stereocenters. The van der Waals surface area contributed by atoms with Gasteiger partial charge in [0.15, 0.2) is 0 Å². The van der Waals surface area contributed by atoms with Crippen LogP contribution in [0, 0.1) is 0 Å². The number of rotatable bonds is 7. The van der Waals surface area contributed by atoms with Gasteiger partial charge in [-0.15, -0.1) is 0 Å². The average molecular weight is 388 g/mol. The Morgan fingerprint density at radius 2 is 1.62 bits per heavy atom. The van der Waals surface area contributed by atoms with Crippen molar-refractivity contribution < 1.29 is 14.3 Å². The van der Waals surface area contributed by atoms with Crippen LogP contribution in [0.5, 0.6) is 5.75 Å². The SMILES string of the molecule is CCCOc1cccc(C(=O)Nc2cccc(C(=O)N(C)c3ccccc3)c2)c1. The van der Waals surface area contributed by atoms with E-state index >= 15 is 0 Å². The molecule has 1 N–H and O–H groups in total. The fraction of sp³-hybridized carbons (Fsp3) is 0.167. The van der Waals surface area contributed by atoms with Crippen LogP contribution in [0.1, 0.15) is 34.1 Å². The number of anilines is 2. The van der Waals surface area contributed by atoms with E-state index in [9.17, 15) is 9.59 Å². The van der Waals surface area contributed by atoms with Crippen molar-refractivity contribution >= 4 is 23.2 Å². The second-order valence-electron chi connectivity index (χ2n) is 6.61. The van der Waals surface area contributed by atoms with Crippen LogP contribution in [0.2, 0.25) is 0 Å². The summed E-state index contributed by atoms with van der Waals surface area (Å²) in [7, 11) is 1.73. The van der Waals surface area contributed by atoms with Crippen molar-refractivity contribution in [2.75, 3.05) is 23.9 Å². The molecule has 148 valence electrons. The lowest BCUT2D eigenvalue weighted by atomic mass is 10.1. The van der Waals surface area contributed by atoms with Gasteiger partial charge in [-0.05, 0) is 55.0 Å². The van der Waals surface area contributed by atoms with Crippen molar-refractivity contribution in [2.45, 2.75) is 13.3 Å². The zero-order chi connectivity index (χ0) is 20.6. The van der Waals surface area contributed by atoms with Gasteiger partial charge in [0.25, 0.3) is 11.8 Å². The second-order valence-corrected chi connectivity index (χ2v) is 6.61. The van der Waals surface area contributed by atoms with Crippen molar-refractivity contribution in [1.29, 1.82) is 0 Å². The number of amides is 2. The number of benzene rings is 3.